The zero-order valence-corrected chi connectivity index (χ0v) is 13.3. The van der Waals surface area contributed by atoms with E-state index in [-0.39, 0.29) is 11.5 Å². The summed E-state index contributed by atoms with van der Waals surface area (Å²) >= 11 is 0. The van der Waals surface area contributed by atoms with E-state index >= 15 is 0 Å². The number of methoxy groups -OCH3 is 1. The molecule has 1 heterocycles. The Morgan fingerprint density at radius 3 is 2.64 bits per heavy atom. The van der Waals surface area contributed by atoms with E-state index in [0.717, 1.165) is 6.08 Å². The minimum Gasteiger partial charge on any atom is -0.504 e. The van der Waals surface area contributed by atoms with E-state index in [9.17, 15) is 25.2 Å². The lowest BCUT2D eigenvalue weighted by Crippen LogP contribution is -2.59. The van der Waals surface area contributed by atoms with Crippen molar-refractivity contribution in [2.45, 2.75) is 30.7 Å². The molecule has 0 amide bonds. The van der Waals surface area contributed by atoms with Crippen molar-refractivity contribution in [1.29, 1.82) is 0 Å². The Labute approximate surface area is 143 Å². The quantitative estimate of drug-likeness (QED) is 0.323. The number of hydrogen-bond acceptors (Lipinski definition) is 9. The fourth-order valence-corrected chi connectivity index (χ4v) is 2.33. The molecule has 9 nitrogen and oxygen atoms in total. The largest absolute Gasteiger partial charge is 0.504 e. The van der Waals surface area contributed by atoms with E-state index in [0.29, 0.717) is 5.56 Å². The molecule has 1 aromatic rings. The highest BCUT2D eigenvalue weighted by atomic mass is 16.7. The van der Waals surface area contributed by atoms with Gasteiger partial charge < -0.3 is 39.7 Å². The Morgan fingerprint density at radius 2 is 2.00 bits per heavy atom. The average molecular weight is 356 g/mol. The van der Waals surface area contributed by atoms with Gasteiger partial charge in [-0.1, -0.05) is 6.07 Å². The molecule has 9 heteroatoms. The fraction of sp³-hybridized carbons (Fsp3) is 0.438. The number of ether oxygens (including phenoxy) is 3. The molecule has 1 aliphatic rings. The molecular weight excluding hydrogens is 336 g/mol. The van der Waals surface area contributed by atoms with Crippen LogP contribution in [0.25, 0.3) is 6.08 Å². The fourth-order valence-electron chi connectivity index (χ4n) is 2.33. The summed E-state index contributed by atoms with van der Waals surface area (Å²) < 4.78 is 14.7. The summed E-state index contributed by atoms with van der Waals surface area (Å²) in [5.74, 6) is -0.728. The minimum absolute atomic E-state index is 0.0553. The Morgan fingerprint density at radius 1 is 1.28 bits per heavy atom. The van der Waals surface area contributed by atoms with Gasteiger partial charge in [-0.3, -0.25) is 0 Å². The zero-order chi connectivity index (χ0) is 18.6. The van der Waals surface area contributed by atoms with Crippen molar-refractivity contribution in [2.75, 3.05) is 13.7 Å². The van der Waals surface area contributed by atoms with E-state index in [1.54, 1.807) is 0 Å². The van der Waals surface area contributed by atoms with Gasteiger partial charge in [0, 0.05) is 6.08 Å². The molecule has 25 heavy (non-hydrogen) atoms. The van der Waals surface area contributed by atoms with E-state index in [4.69, 9.17) is 19.3 Å². The van der Waals surface area contributed by atoms with Gasteiger partial charge in [-0.15, -0.1) is 0 Å². The molecule has 0 radical (unpaired) electrons. The third-order valence-corrected chi connectivity index (χ3v) is 3.71. The van der Waals surface area contributed by atoms with Gasteiger partial charge in [0.05, 0.1) is 13.7 Å². The number of aromatic hydroxyl groups is 1. The molecule has 1 fully saturated rings. The maximum Gasteiger partial charge on any atom is 0.331 e. The first-order valence-electron chi connectivity index (χ1n) is 7.43. The third-order valence-electron chi connectivity index (χ3n) is 3.71. The summed E-state index contributed by atoms with van der Waals surface area (Å²) in [6.45, 7) is -0.613. The van der Waals surface area contributed by atoms with Gasteiger partial charge in [0.2, 0.25) is 0 Å². The number of carbonyl (C=O) groups excluding carboxylic acids is 1. The SMILES string of the molecule is COc1cc(C=CC(=O)OC2C(O)OC(CO)C(O)C2O)ccc1O. The molecule has 1 aliphatic heterocycles. The van der Waals surface area contributed by atoms with E-state index < -0.39 is 43.3 Å². The number of esters is 1. The van der Waals surface area contributed by atoms with Crippen molar-refractivity contribution in [3.8, 4) is 11.5 Å². The molecule has 2 rings (SSSR count). The first kappa shape index (κ1) is 19.2. The molecule has 1 saturated heterocycles. The average Bonchev–Trinajstić information content (AvgIpc) is 2.61. The maximum absolute atomic E-state index is 11.9. The zero-order valence-electron chi connectivity index (χ0n) is 13.3. The molecule has 5 atom stereocenters. The smallest absolute Gasteiger partial charge is 0.331 e. The predicted molar refractivity (Wildman–Crippen MR) is 83.6 cm³/mol. The van der Waals surface area contributed by atoms with Gasteiger partial charge in [-0.25, -0.2) is 4.79 Å². The number of rotatable bonds is 5. The molecule has 1 aromatic carbocycles. The van der Waals surface area contributed by atoms with Gasteiger partial charge >= 0.3 is 5.97 Å². The van der Waals surface area contributed by atoms with Crippen LogP contribution in [0.2, 0.25) is 0 Å². The molecular formula is C16H20O9. The Kier molecular flexibility index (Phi) is 6.34. The molecule has 5 N–H and O–H groups in total. The Balaban J connectivity index is 2.02. The maximum atomic E-state index is 11.9. The molecule has 0 aliphatic carbocycles. The van der Waals surface area contributed by atoms with Crippen LogP contribution in [-0.4, -0.2) is 75.9 Å². The summed E-state index contributed by atoms with van der Waals surface area (Å²) in [5, 5.41) is 47.9. The number of benzene rings is 1. The third kappa shape index (κ3) is 4.47. The molecule has 0 aromatic heterocycles. The highest BCUT2D eigenvalue weighted by Gasteiger charge is 2.45. The van der Waals surface area contributed by atoms with Crippen molar-refractivity contribution in [3.05, 3.63) is 29.8 Å². The second kappa shape index (κ2) is 8.28. The first-order chi connectivity index (χ1) is 11.9. The van der Waals surface area contributed by atoms with Crippen LogP contribution in [0.1, 0.15) is 5.56 Å². The monoisotopic (exact) mass is 356 g/mol. The summed E-state index contributed by atoms with van der Waals surface area (Å²) in [6, 6.07) is 4.41. The molecule has 138 valence electrons. The standard InChI is InChI=1S/C16H20O9/c1-23-10-6-8(2-4-9(10)18)3-5-12(19)25-15-14(21)13(20)11(7-17)24-16(15)22/h2-6,11,13-18,20-22H,7H2,1H3. The predicted octanol–water partition coefficient (Wildman–Crippen LogP) is -1.24. The second-order valence-electron chi connectivity index (χ2n) is 5.39. The van der Waals surface area contributed by atoms with Crippen LogP contribution < -0.4 is 4.74 Å². The van der Waals surface area contributed by atoms with Crippen LogP contribution in [0.15, 0.2) is 24.3 Å². The molecule has 0 spiro atoms. The van der Waals surface area contributed by atoms with Crippen LogP contribution in [0.3, 0.4) is 0 Å². The van der Waals surface area contributed by atoms with Gasteiger partial charge in [0.25, 0.3) is 0 Å². The summed E-state index contributed by atoms with van der Waals surface area (Å²) in [5.41, 5.74) is 0.535. The first-order valence-corrected chi connectivity index (χ1v) is 7.43. The molecule has 0 saturated carbocycles. The van der Waals surface area contributed by atoms with Crippen molar-refractivity contribution in [2.24, 2.45) is 0 Å². The Hall–Kier alpha value is -2.17. The number of aliphatic hydroxyl groups excluding tert-OH is 4. The number of hydrogen-bond donors (Lipinski definition) is 5. The van der Waals surface area contributed by atoms with Crippen molar-refractivity contribution >= 4 is 12.0 Å². The normalized spacial score (nSPS) is 29.6. The van der Waals surface area contributed by atoms with Crippen molar-refractivity contribution in [3.63, 3.8) is 0 Å². The number of phenolic OH excluding ortho intramolecular Hbond substituents is 1. The van der Waals surface area contributed by atoms with Crippen LogP contribution in [0, 0.1) is 0 Å². The van der Waals surface area contributed by atoms with E-state index in [2.05, 4.69) is 0 Å². The highest BCUT2D eigenvalue weighted by Crippen LogP contribution is 2.27. The minimum atomic E-state index is -1.69. The molecule has 0 bridgehead atoms. The number of phenols is 1. The van der Waals surface area contributed by atoms with Crippen molar-refractivity contribution < 1.29 is 44.5 Å². The van der Waals surface area contributed by atoms with Crippen LogP contribution in [0.5, 0.6) is 11.5 Å². The number of carbonyl (C=O) groups is 1. The Bertz CT molecular complexity index is 630. The van der Waals surface area contributed by atoms with Crippen LogP contribution in [-0.2, 0) is 14.3 Å². The number of aliphatic hydroxyl groups is 4. The van der Waals surface area contributed by atoms with Crippen molar-refractivity contribution in [1.82, 2.24) is 0 Å². The lowest BCUT2D eigenvalue weighted by molar-refractivity contribution is -0.289. The highest BCUT2D eigenvalue weighted by molar-refractivity contribution is 5.87. The lowest BCUT2D eigenvalue weighted by atomic mass is 9.99. The lowest BCUT2D eigenvalue weighted by Gasteiger charge is -2.39. The van der Waals surface area contributed by atoms with E-state index in [1.165, 1.54) is 31.4 Å². The summed E-state index contributed by atoms with van der Waals surface area (Å²) in [4.78, 5) is 11.9. The van der Waals surface area contributed by atoms with Gasteiger partial charge in [0.1, 0.15) is 18.3 Å². The van der Waals surface area contributed by atoms with Gasteiger partial charge in [-0.05, 0) is 23.8 Å². The summed E-state index contributed by atoms with van der Waals surface area (Å²) in [6.07, 6.45) is -5.11. The second-order valence-corrected chi connectivity index (χ2v) is 5.39. The van der Waals surface area contributed by atoms with Gasteiger partial charge in [0.15, 0.2) is 23.9 Å². The van der Waals surface area contributed by atoms with Gasteiger partial charge in [-0.2, -0.15) is 0 Å². The topological polar surface area (TPSA) is 146 Å². The van der Waals surface area contributed by atoms with Crippen LogP contribution >= 0.6 is 0 Å². The van der Waals surface area contributed by atoms with E-state index in [1.807, 2.05) is 0 Å². The van der Waals surface area contributed by atoms with Crippen LogP contribution in [0.4, 0.5) is 0 Å². The molecule has 5 unspecified atom stereocenters. The summed E-state index contributed by atoms with van der Waals surface area (Å²) in [7, 11) is 1.38.